The van der Waals surface area contributed by atoms with Crippen LogP contribution in [0.2, 0.25) is 0 Å². The highest BCUT2D eigenvalue weighted by atomic mass is 14.6. The molecule has 1 nitrogen and oxygen atoms in total. The van der Waals surface area contributed by atoms with Crippen molar-refractivity contribution in [3.63, 3.8) is 0 Å². The fourth-order valence-corrected chi connectivity index (χ4v) is 2.96. The van der Waals surface area contributed by atoms with E-state index >= 15 is 0 Å². The Balaban J connectivity index is 1.86. The summed E-state index contributed by atoms with van der Waals surface area (Å²) < 4.78 is 0. The van der Waals surface area contributed by atoms with Crippen LogP contribution >= 0.6 is 0 Å². The molecule has 106 valence electrons. The van der Waals surface area contributed by atoms with E-state index in [0.29, 0.717) is 0 Å². The van der Waals surface area contributed by atoms with Crippen LogP contribution < -0.4 is 5.73 Å². The fourth-order valence-electron chi connectivity index (χ4n) is 2.96. The minimum atomic E-state index is 0.0461. The highest BCUT2D eigenvalue weighted by molar-refractivity contribution is 5.83. The summed E-state index contributed by atoms with van der Waals surface area (Å²) in [6, 6.07) is 21.7. The Morgan fingerprint density at radius 1 is 0.810 bits per heavy atom. The highest BCUT2D eigenvalue weighted by Gasteiger charge is 2.08. The summed E-state index contributed by atoms with van der Waals surface area (Å²) in [6.45, 7) is 4.25. The number of rotatable bonds is 3. The molecule has 2 N–H and O–H groups in total. The molecule has 0 spiro atoms. The van der Waals surface area contributed by atoms with Gasteiger partial charge in [-0.2, -0.15) is 0 Å². The smallest absolute Gasteiger partial charge is 0.0335 e. The highest BCUT2D eigenvalue weighted by Crippen LogP contribution is 2.22. The van der Waals surface area contributed by atoms with Gasteiger partial charge in [-0.1, -0.05) is 71.8 Å². The lowest BCUT2D eigenvalue weighted by Gasteiger charge is -2.14. The van der Waals surface area contributed by atoms with E-state index in [9.17, 15) is 0 Å². The van der Waals surface area contributed by atoms with E-state index in [1.165, 1.54) is 33.0 Å². The maximum Gasteiger partial charge on any atom is 0.0335 e. The largest absolute Gasteiger partial charge is 0.324 e. The van der Waals surface area contributed by atoms with Gasteiger partial charge in [-0.05, 0) is 42.2 Å². The summed E-state index contributed by atoms with van der Waals surface area (Å²) >= 11 is 0. The average molecular weight is 275 g/mol. The van der Waals surface area contributed by atoms with E-state index in [4.69, 9.17) is 5.73 Å². The molecule has 0 saturated heterocycles. The van der Waals surface area contributed by atoms with Crippen molar-refractivity contribution in [3.05, 3.63) is 82.9 Å². The molecule has 0 bridgehead atoms. The first-order valence-electron chi connectivity index (χ1n) is 7.43. The second-order valence-electron chi connectivity index (χ2n) is 5.91. The Bertz CT molecular complexity index is 753. The second-order valence-corrected chi connectivity index (χ2v) is 5.91. The van der Waals surface area contributed by atoms with Gasteiger partial charge in [-0.25, -0.2) is 0 Å². The van der Waals surface area contributed by atoms with E-state index in [0.717, 1.165) is 6.42 Å². The first-order chi connectivity index (χ1) is 10.1. The van der Waals surface area contributed by atoms with E-state index in [1.807, 2.05) is 0 Å². The third-order valence-electron chi connectivity index (χ3n) is 3.94. The Morgan fingerprint density at radius 2 is 1.48 bits per heavy atom. The number of fused-ring (bicyclic) bond motifs is 1. The van der Waals surface area contributed by atoms with E-state index in [1.54, 1.807) is 0 Å². The molecule has 0 radical (unpaired) electrons. The maximum absolute atomic E-state index is 6.41. The van der Waals surface area contributed by atoms with Gasteiger partial charge in [0.25, 0.3) is 0 Å². The van der Waals surface area contributed by atoms with Gasteiger partial charge in [0, 0.05) is 6.04 Å². The molecule has 21 heavy (non-hydrogen) atoms. The molecule has 0 amide bonds. The van der Waals surface area contributed by atoms with Gasteiger partial charge >= 0.3 is 0 Å². The van der Waals surface area contributed by atoms with Gasteiger partial charge in [-0.15, -0.1) is 0 Å². The normalized spacial score (nSPS) is 12.5. The minimum Gasteiger partial charge on any atom is -0.324 e. The van der Waals surface area contributed by atoms with Crippen LogP contribution in [0.15, 0.2) is 60.7 Å². The van der Waals surface area contributed by atoms with Crippen molar-refractivity contribution in [1.29, 1.82) is 0 Å². The molecule has 0 fully saturated rings. The van der Waals surface area contributed by atoms with E-state index in [-0.39, 0.29) is 6.04 Å². The zero-order valence-corrected chi connectivity index (χ0v) is 12.6. The predicted octanol–water partition coefficient (Wildman–Crippen LogP) is 4.70. The predicted molar refractivity (Wildman–Crippen MR) is 90.5 cm³/mol. The number of hydrogen-bond acceptors (Lipinski definition) is 1. The molecular formula is C20H21N. The van der Waals surface area contributed by atoms with Gasteiger partial charge in [0.1, 0.15) is 0 Å². The summed E-state index contributed by atoms with van der Waals surface area (Å²) in [7, 11) is 0. The standard InChI is InChI=1S/C20H21N/c1-14-9-15(2)11-19(10-14)20(21)13-16-7-8-17-5-3-4-6-18(17)12-16/h3-12,20H,13,21H2,1-2H3. The molecule has 0 aliphatic rings. The Hall–Kier alpha value is -2.12. The van der Waals surface area contributed by atoms with Crippen molar-refractivity contribution >= 4 is 10.8 Å². The summed E-state index contributed by atoms with van der Waals surface area (Å²) in [5, 5.41) is 2.56. The minimum absolute atomic E-state index is 0.0461. The first kappa shape index (κ1) is 13.8. The van der Waals surface area contributed by atoms with Crippen LogP contribution in [-0.2, 0) is 6.42 Å². The van der Waals surface area contributed by atoms with Crippen LogP contribution in [-0.4, -0.2) is 0 Å². The summed E-state index contributed by atoms with van der Waals surface area (Å²) in [4.78, 5) is 0. The van der Waals surface area contributed by atoms with Crippen LogP contribution in [0.3, 0.4) is 0 Å². The summed E-state index contributed by atoms with van der Waals surface area (Å²) in [6.07, 6.45) is 0.869. The van der Waals surface area contributed by atoms with E-state index in [2.05, 4.69) is 74.5 Å². The Morgan fingerprint density at radius 3 is 2.19 bits per heavy atom. The monoisotopic (exact) mass is 275 g/mol. The molecule has 1 unspecified atom stereocenters. The van der Waals surface area contributed by atoms with Crippen molar-refractivity contribution in [1.82, 2.24) is 0 Å². The SMILES string of the molecule is Cc1cc(C)cc(C(N)Cc2ccc3ccccc3c2)c1. The zero-order valence-electron chi connectivity index (χ0n) is 12.6. The Labute approximate surface area is 126 Å². The van der Waals surface area contributed by atoms with Gasteiger partial charge < -0.3 is 5.73 Å². The maximum atomic E-state index is 6.41. The number of benzene rings is 3. The van der Waals surface area contributed by atoms with Crippen LogP contribution in [0.4, 0.5) is 0 Å². The van der Waals surface area contributed by atoms with Crippen molar-refractivity contribution in [2.45, 2.75) is 26.3 Å². The summed E-state index contributed by atoms with van der Waals surface area (Å²) in [5.41, 5.74) is 11.5. The molecule has 3 rings (SSSR count). The Kier molecular flexibility index (Phi) is 3.76. The van der Waals surface area contributed by atoms with E-state index < -0.39 is 0 Å². The van der Waals surface area contributed by atoms with Gasteiger partial charge in [-0.3, -0.25) is 0 Å². The molecule has 1 heteroatoms. The lowest BCUT2D eigenvalue weighted by Crippen LogP contribution is -2.13. The molecular weight excluding hydrogens is 254 g/mol. The molecule has 3 aromatic carbocycles. The molecule has 3 aromatic rings. The lowest BCUT2D eigenvalue weighted by molar-refractivity contribution is 0.721. The molecule has 0 aliphatic heterocycles. The van der Waals surface area contributed by atoms with Gasteiger partial charge in [0.2, 0.25) is 0 Å². The fraction of sp³-hybridized carbons (Fsp3) is 0.200. The molecule has 0 heterocycles. The number of nitrogens with two attached hydrogens (primary N) is 1. The van der Waals surface area contributed by atoms with Crippen LogP contribution in [0.25, 0.3) is 10.8 Å². The topological polar surface area (TPSA) is 26.0 Å². The summed E-state index contributed by atoms with van der Waals surface area (Å²) in [5.74, 6) is 0. The molecule has 0 aliphatic carbocycles. The van der Waals surface area contributed by atoms with Gasteiger partial charge in [0.15, 0.2) is 0 Å². The van der Waals surface area contributed by atoms with Crippen molar-refractivity contribution in [2.24, 2.45) is 5.73 Å². The quantitative estimate of drug-likeness (QED) is 0.736. The lowest BCUT2D eigenvalue weighted by atomic mass is 9.95. The van der Waals surface area contributed by atoms with Crippen molar-refractivity contribution in [2.75, 3.05) is 0 Å². The molecule has 1 atom stereocenters. The number of aryl methyl sites for hydroxylation is 2. The molecule has 0 aromatic heterocycles. The average Bonchev–Trinajstić information content (AvgIpc) is 2.46. The second kappa shape index (κ2) is 5.71. The third kappa shape index (κ3) is 3.14. The zero-order chi connectivity index (χ0) is 14.8. The van der Waals surface area contributed by atoms with Crippen LogP contribution in [0, 0.1) is 13.8 Å². The third-order valence-corrected chi connectivity index (χ3v) is 3.94. The van der Waals surface area contributed by atoms with Crippen LogP contribution in [0.5, 0.6) is 0 Å². The first-order valence-corrected chi connectivity index (χ1v) is 7.43. The van der Waals surface area contributed by atoms with Crippen LogP contribution in [0.1, 0.15) is 28.3 Å². The van der Waals surface area contributed by atoms with Crippen molar-refractivity contribution < 1.29 is 0 Å². The van der Waals surface area contributed by atoms with Gasteiger partial charge in [0.05, 0.1) is 0 Å². The number of hydrogen-bond donors (Lipinski definition) is 1. The molecule has 0 saturated carbocycles. The van der Waals surface area contributed by atoms with Crippen molar-refractivity contribution in [3.8, 4) is 0 Å².